The maximum atomic E-state index is 15.1. The summed E-state index contributed by atoms with van der Waals surface area (Å²) in [5, 5.41) is 16.6. The second kappa shape index (κ2) is 20.2. The van der Waals surface area contributed by atoms with Gasteiger partial charge in [0.2, 0.25) is 0 Å². The maximum Gasteiger partial charge on any atom is 0.306 e. The molecule has 5 fully saturated rings. The van der Waals surface area contributed by atoms with E-state index in [1.54, 1.807) is 21.3 Å². The van der Waals surface area contributed by atoms with Gasteiger partial charge in [0, 0.05) is 50.8 Å². The molecule has 3 aliphatic heterocycles. The van der Waals surface area contributed by atoms with Crippen molar-refractivity contribution in [1.82, 2.24) is 4.90 Å². The molecule has 3 aliphatic carbocycles. The Kier molecular flexibility index (Phi) is 15.4. The molecule has 7 rings (SSSR count). The van der Waals surface area contributed by atoms with Crippen LogP contribution in [0.4, 0.5) is 5.69 Å². The number of anilines is 1. The van der Waals surface area contributed by atoms with Gasteiger partial charge >= 0.3 is 5.97 Å². The number of rotatable bonds is 11. The number of aryl methyl sites for hydroxylation is 1. The minimum Gasteiger partial charge on any atom is -0.462 e. The van der Waals surface area contributed by atoms with Gasteiger partial charge in [0.05, 0.1) is 43.0 Å². The van der Waals surface area contributed by atoms with Crippen LogP contribution in [0, 0.1) is 42.4 Å². The minimum absolute atomic E-state index is 0.00745. The van der Waals surface area contributed by atoms with Crippen LogP contribution in [0.25, 0.3) is 0 Å². The van der Waals surface area contributed by atoms with E-state index >= 15 is 4.79 Å². The fourth-order valence-corrected chi connectivity index (χ4v) is 12.1. The number of ketones is 1. The van der Waals surface area contributed by atoms with Crippen molar-refractivity contribution in [2.75, 3.05) is 40.7 Å². The quantitative estimate of drug-likeness (QED) is 0.249. The number of hydrogen-bond donors (Lipinski definition) is 2. The first-order valence-electron chi connectivity index (χ1n) is 23.1. The van der Waals surface area contributed by atoms with Gasteiger partial charge in [0.15, 0.2) is 18.4 Å². The number of para-hydroxylation sites is 1. The van der Waals surface area contributed by atoms with Crippen molar-refractivity contribution < 1.29 is 52.6 Å². The molecule has 13 nitrogen and oxygen atoms in total. The number of allylic oxidation sites excluding steroid dienone is 2. The molecule has 1 aromatic rings. The van der Waals surface area contributed by atoms with Gasteiger partial charge in [-0.05, 0) is 121 Å². The van der Waals surface area contributed by atoms with Crippen LogP contribution in [0.5, 0.6) is 0 Å². The van der Waals surface area contributed by atoms with E-state index in [2.05, 4.69) is 50.3 Å². The monoisotopic (exact) mass is 855 g/mol. The van der Waals surface area contributed by atoms with E-state index in [1.807, 2.05) is 39.0 Å². The first-order valence-corrected chi connectivity index (χ1v) is 23.1. The Morgan fingerprint density at radius 3 is 2.26 bits per heavy atom. The number of carbonyl (C=O) groups excluding carboxylic acids is 2. The van der Waals surface area contributed by atoms with Crippen LogP contribution in [-0.4, -0.2) is 137 Å². The zero-order chi connectivity index (χ0) is 43.7. The highest BCUT2D eigenvalue weighted by Gasteiger charge is 2.60. The number of fused-ring (bicyclic) bond motifs is 5. The molecule has 3 saturated heterocycles. The lowest BCUT2D eigenvalue weighted by molar-refractivity contribution is -0.314. The second-order valence-corrected chi connectivity index (χ2v) is 19.1. The van der Waals surface area contributed by atoms with E-state index < -0.39 is 48.6 Å². The average molecular weight is 855 g/mol. The number of carbonyl (C=O) groups is 2. The van der Waals surface area contributed by atoms with Crippen molar-refractivity contribution >= 4 is 17.4 Å². The van der Waals surface area contributed by atoms with Gasteiger partial charge in [-0.15, -0.1) is 0 Å². The van der Waals surface area contributed by atoms with Crippen LogP contribution in [-0.2, 0) is 47.5 Å². The van der Waals surface area contributed by atoms with Gasteiger partial charge in [0.25, 0.3) is 0 Å². The zero-order valence-corrected chi connectivity index (χ0v) is 38.2. The van der Waals surface area contributed by atoms with Gasteiger partial charge in [-0.1, -0.05) is 38.1 Å². The molecule has 19 atom stereocenters. The lowest BCUT2D eigenvalue weighted by Crippen LogP contribution is -2.59. The summed E-state index contributed by atoms with van der Waals surface area (Å²) in [6, 6.07) is 8.04. The van der Waals surface area contributed by atoms with Crippen molar-refractivity contribution in [2.24, 2.45) is 35.5 Å². The van der Waals surface area contributed by atoms with Crippen molar-refractivity contribution in [3.05, 3.63) is 41.5 Å². The summed E-state index contributed by atoms with van der Waals surface area (Å²) in [5.74, 6) is -1.89. The number of nitrogens with zero attached hydrogens (tertiary/aromatic N) is 1. The summed E-state index contributed by atoms with van der Waals surface area (Å²) >= 11 is 0. The Balaban J connectivity index is 1.21. The van der Waals surface area contributed by atoms with Crippen molar-refractivity contribution in [3.8, 4) is 0 Å². The first-order chi connectivity index (χ1) is 29.3. The van der Waals surface area contributed by atoms with Crippen molar-refractivity contribution in [2.45, 2.75) is 172 Å². The number of nitrogens with one attached hydrogen (secondary N) is 1. The third kappa shape index (κ3) is 9.66. The number of Topliss-reactive ketones (excluding diaryl/α,β-unsaturated/α-hetero) is 1. The van der Waals surface area contributed by atoms with Gasteiger partial charge in [-0.25, -0.2) is 0 Å². The predicted octanol–water partition coefficient (Wildman–Crippen LogP) is 6.08. The molecule has 13 heteroatoms. The number of likely N-dealkylation sites (N-methyl/N-ethyl adjacent to an activating group) is 1. The molecular weight excluding hydrogens is 781 g/mol. The Hall–Kier alpha value is -2.46. The van der Waals surface area contributed by atoms with Gasteiger partial charge in [-0.3, -0.25) is 9.59 Å². The van der Waals surface area contributed by atoms with E-state index in [4.69, 9.17) is 37.9 Å². The van der Waals surface area contributed by atoms with Gasteiger partial charge < -0.3 is 53.2 Å². The van der Waals surface area contributed by atoms with Crippen LogP contribution >= 0.6 is 0 Å². The molecular formula is C48H74N2O11. The Bertz CT molecular complexity index is 1680. The van der Waals surface area contributed by atoms with E-state index in [9.17, 15) is 9.90 Å². The fraction of sp³-hybridized carbons (Fsp3) is 0.792. The highest BCUT2D eigenvalue weighted by atomic mass is 16.7. The number of aliphatic hydroxyl groups is 1. The standard InChI is InChI=1S/C48H74N2O11/c1-11-29-16-14-18-38(61-40-20-19-37(50(6)7)27(4)57-40)26(3)43(52)35-23-32-31-21-30(60-48-47(56-10)46(55-9)45(54-8)28(5)58-48)22-34(31)42(49-36-17-13-12-15-25(36)2)44(53)41(32)33(35)24-39(51)59-29/h12-13,15,17,23,26-34,37-38,40-42,44-49,53H,11,14,16,18-22,24H2,1-10H3/t26-,27?,28?,29+,30+,31+,32+,33-,34-,37+,38+,40+,41-,42+,44+,45+,46?,47?,48+/m1/s1. The van der Waals surface area contributed by atoms with Crippen LogP contribution in [0.15, 0.2) is 35.9 Å². The summed E-state index contributed by atoms with van der Waals surface area (Å²) in [7, 11) is 9.08. The van der Waals surface area contributed by atoms with E-state index in [1.165, 1.54) is 0 Å². The highest BCUT2D eigenvalue weighted by Crippen LogP contribution is 2.57. The van der Waals surface area contributed by atoms with Gasteiger partial charge in [0.1, 0.15) is 24.4 Å². The molecule has 0 aromatic heterocycles. The summed E-state index contributed by atoms with van der Waals surface area (Å²) in [5.41, 5.74) is 2.63. The SMILES string of the molecule is CC[C@H]1CCC[C@H](O[C@H]2CC[C@H](N(C)C)C(C)O2)[C@@H](C)C(=O)C2=C[C@H]3[C@@H]4C[C@H](O[C@@H]5OC(C)[C@H](OC)C(OC)C5OC)C[C@H]4[C@H](Nc4ccccc4C)[C@@H](O)[C@H]3[C@@H]2CC(=O)O1. The van der Waals surface area contributed by atoms with E-state index in [0.29, 0.717) is 43.7 Å². The average Bonchev–Trinajstić information content (AvgIpc) is 3.82. The third-order valence-corrected chi connectivity index (χ3v) is 15.4. The third-order valence-electron chi connectivity index (χ3n) is 15.4. The molecule has 0 bridgehead atoms. The first kappa shape index (κ1) is 46.5. The number of aliphatic hydroxyl groups excluding tert-OH is 1. The molecule has 3 heterocycles. The molecule has 61 heavy (non-hydrogen) atoms. The molecule has 0 radical (unpaired) electrons. The van der Waals surface area contributed by atoms with E-state index in [0.717, 1.165) is 30.5 Å². The van der Waals surface area contributed by atoms with Crippen LogP contribution in [0.1, 0.15) is 91.0 Å². The second-order valence-electron chi connectivity index (χ2n) is 19.1. The summed E-state index contributed by atoms with van der Waals surface area (Å²) in [6.45, 7) is 10.1. The molecule has 4 unspecified atom stereocenters. The smallest absolute Gasteiger partial charge is 0.306 e. The number of hydrogen-bond acceptors (Lipinski definition) is 13. The lowest BCUT2D eigenvalue weighted by atomic mass is 9.62. The molecule has 0 spiro atoms. The molecule has 342 valence electrons. The Morgan fingerprint density at radius 2 is 1.59 bits per heavy atom. The van der Waals surface area contributed by atoms with Crippen LogP contribution in [0.2, 0.25) is 0 Å². The lowest BCUT2D eigenvalue weighted by Gasteiger charge is -2.47. The topological polar surface area (TPSA) is 143 Å². The summed E-state index contributed by atoms with van der Waals surface area (Å²) < 4.78 is 50.3. The Morgan fingerprint density at radius 1 is 0.869 bits per heavy atom. The number of esters is 1. The van der Waals surface area contributed by atoms with Crippen LogP contribution in [0.3, 0.4) is 0 Å². The minimum atomic E-state index is -0.874. The molecule has 0 amide bonds. The molecule has 6 aliphatic rings. The largest absolute Gasteiger partial charge is 0.462 e. The normalized spacial score (nSPS) is 43.3. The molecule has 2 N–H and O–H groups in total. The number of cyclic esters (lactones) is 1. The van der Waals surface area contributed by atoms with Crippen molar-refractivity contribution in [1.29, 1.82) is 0 Å². The number of ether oxygens (including phenoxy) is 8. The number of benzene rings is 1. The fourth-order valence-electron chi connectivity index (χ4n) is 12.1. The van der Waals surface area contributed by atoms with Crippen LogP contribution < -0.4 is 5.32 Å². The van der Waals surface area contributed by atoms with E-state index in [-0.39, 0.29) is 78.6 Å². The summed E-state index contributed by atoms with van der Waals surface area (Å²) in [6.07, 6.45) is 3.56. The van der Waals surface area contributed by atoms with Gasteiger partial charge in [-0.2, -0.15) is 0 Å². The summed E-state index contributed by atoms with van der Waals surface area (Å²) in [4.78, 5) is 31.3. The molecule has 1 aromatic carbocycles. The number of methoxy groups -OCH3 is 3. The highest BCUT2D eigenvalue weighted by molar-refractivity contribution is 5.99. The maximum absolute atomic E-state index is 15.1. The predicted molar refractivity (Wildman–Crippen MR) is 230 cm³/mol. The van der Waals surface area contributed by atoms with Crippen molar-refractivity contribution in [3.63, 3.8) is 0 Å². The molecule has 2 saturated carbocycles. The Labute approximate surface area is 363 Å². The zero-order valence-electron chi connectivity index (χ0n) is 38.2.